The summed E-state index contributed by atoms with van der Waals surface area (Å²) < 4.78 is 0. The summed E-state index contributed by atoms with van der Waals surface area (Å²) in [6, 6.07) is 9.52. The Balaban J connectivity index is 2.06. The van der Waals surface area contributed by atoms with Gasteiger partial charge in [0.2, 0.25) is 0 Å². The normalized spacial score (nSPS) is 10.5. The number of rotatable bonds is 4. The highest BCUT2D eigenvalue weighted by Gasteiger charge is 2.09. The summed E-state index contributed by atoms with van der Waals surface area (Å²) in [5.41, 5.74) is 2.45. The number of nitrogens with zero attached hydrogens (tertiary/aromatic N) is 1. The van der Waals surface area contributed by atoms with Gasteiger partial charge >= 0.3 is 0 Å². The number of hydrogen-bond donors (Lipinski definition) is 3. The van der Waals surface area contributed by atoms with Crippen molar-refractivity contribution in [3.8, 4) is 0 Å². The third-order valence-electron chi connectivity index (χ3n) is 2.91. The zero-order valence-electron chi connectivity index (χ0n) is 11.3. The lowest BCUT2D eigenvalue weighted by Gasteiger charge is -2.07. The molecule has 3 N–H and O–H groups in total. The van der Waals surface area contributed by atoms with E-state index in [0.717, 1.165) is 5.69 Å². The lowest BCUT2D eigenvalue weighted by atomic mass is 10.0. The lowest BCUT2D eigenvalue weighted by Crippen LogP contribution is -2.12. The molecule has 2 aromatic rings. The molecule has 1 aromatic heterocycles. The highest BCUT2D eigenvalue weighted by molar-refractivity contribution is 6.03. The smallest absolute Gasteiger partial charge is 0.273 e. The fourth-order valence-electron chi connectivity index (χ4n) is 1.72. The van der Waals surface area contributed by atoms with Crippen LogP contribution in [0, 0.1) is 0 Å². The van der Waals surface area contributed by atoms with Crippen molar-refractivity contribution in [1.82, 2.24) is 10.2 Å². The van der Waals surface area contributed by atoms with Crippen LogP contribution in [0.1, 0.15) is 35.8 Å². The van der Waals surface area contributed by atoms with E-state index in [1.807, 2.05) is 24.3 Å². The minimum Gasteiger partial charge on any atom is -0.372 e. The molecule has 2 rings (SSSR count). The van der Waals surface area contributed by atoms with E-state index in [9.17, 15) is 4.79 Å². The fraction of sp³-hybridized carbons (Fsp3) is 0.286. The Morgan fingerprint density at radius 3 is 2.47 bits per heavy atom. The molecule has 0 radical (unpaired) electrons. The fourth-order valence-corrected chi connectivity index (χ4v) is 1.72. The van der Waals surface area contributed by atoms with Gasteiger partial charge in [-0.25, -0.2) is 0 Å². The van der Waals surface area contributed by atoms with Crippen molar-refractivity contribution < 1.29 is 4.79 Å². The van der Waals surface area contributed by atoms with Crippen molar-refractivity contribution >= 4 is 17.4 Å². The molecular weight excluding hydrogens is 240 g/mol. The van der Waals surface area contributed by atoms with Gasteiger partial charge in [-0.1, -0.05) is 26.0 Å². The monoisotopic (exact) mass is 258 g/mol. The minimum absolute atomic E-state index is 0.203. The van der Waals surface area contributed by atoms with E-state index in [2.05, 4.69) is 34.7 Å². The maximum absolute atomic E-state index is 12.0. The second-order valence-electron chi connectivity index (χ2n) is 4.65. The van der Waals surface area contributed by atoms with Crippen LogP contribution in [0.25, 0.3) is 0 Å². The molecule has 0 unspecified atom stereocenters. The number of aromatic amines is 1. The molecule has 0 aliphatic heterocycles. The molecule has 0 saturated carbocycles. The van der Waals surface area contributed by atoms with Crippen LogP contribution in [0.15, 0.2) is 30.3 Å². The van der Waals surface area contributed by atoms with Crippen LogP contribution < -0.4 is 10.6 Å². The predicted octanol–water partition coefficient (Wildman–Crippen LogP) is 2.83. The molecule has 0 aliphatic rings. The quantitative estimate of drug-likeness (QED) is 0.789. The molecule has 100 valence electrons. The number of anilines is 2. The van der Waals surface area contributed by atoms with Gasteiger partial charge in [0.1, 0.15) is 11.5 Å². The zero-order valence-corrected chi connectivity index (χ0v) is 11.3. The van der Waals surface area contributed by atoms with Crippen LogP contribution in [-0.2, 0) is 0 Å². The summed E-state index contributed by atoms with van der Waals surface area (Å²) in [4.78, 5) is 12.0. The Labute approximate surface area is 112 Å². The van der Waals surface area contributed by atoms with Crippen LogP contribution in [0.2, 0.25) is 0 Å². The molecular formula is C14H18N4O. The molecule has 1 amide bonds. The Morgan fingerprint density at radius 1 is 1.26 bits per heavy atom. The SMILES string of the molecule is CNc1cc(C(=O)Nc2ccc(C(C)C)cc2)[nH]n1. The first-order valence-corrected chi connectivity index (χ1v) is 6.24. The number of hydrogen-bond acceptors (Lipinski definition) is 3. The van der Waals surface area contributed by atoms with Crippen LogP contribution in [-0.4, -0.2) is 23.2 Å². The number of H-pyrrole nitrogens is 1. The van der Waals surface area contributed by atoms with Crippen LogP contribution in [0.3, 0.4) is 0 Å². The minimum atomic E-state index is -0.203. The number of nitrogens with one attached hydrogen (secondary N) is 3. The highest BCUT2D eigenvalue weighted by atomic mass is 16.1. The van der Waals surface area contributed by atoms with E-state index < -0.39 is 0 Å². The van der Waals surface area contributed by atoms with Crippen molar-refractivity contribution in [3.63, 3.8) is 0 Å². The van der Waals surface area contributed by atoms with E-state index in [4.69, 9.17) is 0 Å². The van der Waals surface area contributed by atoms with Gasteiger partial charge in [0, 0.05) is 18.8 Å². The molecule has 0 aliphatic carbocycles. The average Bonchev–Trinajstić information content (AvgIpc) is 2.88. The Kier molecular flexibility index (Phi) is 3.85. The van der Waals surface area contributed by atoms with Gasteiger partial charge in [-0.15, -0.1) is 0 Å². The molecule has 0 spiro atoms. The van der Waals surface area contributed by atoms with Crippen LogP contribution >= 0.6 is 0 Å². The Hall–Kier alpha value is -2.30. The summed E-state index contributed by atoms with van der Waals surface area (Å²) >= 11 is 0. The van der Waals surface area contributed by atoms with Gasteiger partial charge in [-0.3, -0.25) is 9.89 Å². The molecule has 0 saturated heterocycles. The third kappa shape index (κ3) is 3.13. The third-order valence-corrected chi connectivity index (χ3v) is 2.91. The number of carbonyl (C=O) groups excluding carboxylic acids is 1. The summed E-state index contributed by atoms with van der Waals surface area (Å²) in [5.74, 6) is 0.919. The maximum atomic E-state index is 12.0. The van der Waals surface area contributed by atoms with Crippen molar-refractivity contribution in [1.29, 1.82) is 0 Å². The van der Waals surface area contributed by atoms with Crippen LogP contribution in [0.4, 0.5) is 11.5 Å². The molecule has 1 aromatic carbocycles. The van der Waals surface area contributed by atoms with Crippen molar-refractivity contribution in [2.45, 2.75) is 19.8 Å². The standard InChI is InChI=1S/C14H18N4O/c1-9(2)10-4-6-11(7-5-10)16-14(19)12-8-13(15-3)18-17-12/h4-9H,1-3H3,(H,16,19)(H2,15,17,18). The summed E-state index contributed by atoms with van der Waals surface area (Å²) in [6.45, 7) is 4.27. The average molecular weight is 258 g/mol. The molecule has 0 atom stereocenters. The number of amides is 1. The molecule has 0 fully saturated rings. The van der Waals surface area contributed by atoms with Gasteiger partial charge in [0.05, 0.1) is 0 Å². The lowest BCUT2D eigenvalue weighted by molar-refractivity contribution is 0.102. The van der Waals surface area contributed by atoms with Gasteiger partial charge in [0.25, 0.3) is 5.91 Å². The predicted molar refractivity (Wildman–Crippen MR) is 76.6 cm³/mol. The van der Waals surface area contributed by atoms with Gasteiger partial charge in [-0.2, -0.15) is 5.10 Å². The number of carbonyl (C=O) groups is 1. The first-order chi connectivity index (χ1) is 9.10. The van der Waals surface area contributed by atoms with E-state index in [1.165, 1.54) is 5.56 Å². The zero-order chi connectivity index (χ0) is 13.8. The molecule has 0 bridgehead atoms. The Bertz CT molecular complexity index is 557. The number of aromatic nitrogens is 2. The second kappa shape index (κ2) is 5.56. The summed E-state index contributed by atoms with van der Waals surface area (Å²) in [7, 11) is 1.75. The second-order valence-corrected chi connectivity index (χ2v) is 4.65. The summed E-state index contributed by atoms with van der Waals surface area (Å²) in [6.07, 6.45) is 0. The Morgan fingerprint density at radius 2 is 1.95 bits per heavy atom. The molecule has 19 heavy (non-hydrogen) atoms. The molecule has 5 nitrogen and oxygen atoms in total. The summed E-state index contributed by atoms with van der Waals surface area (Å²) in [5, 5.41) is 12.3. The first kappa shape index (κ1) is 13.1. The van der Waals surface area contributed by atoms with Gasteiger partial charge < -0.3 is 10.6 Å². The van der Waals surface area contributed by atoms with E-state index >= 15 is 0 Å². The molecule has 1 heterocycles. The van der Waals surface area contributed by atoms with Crippen LogP contribution in [0.5, 0.6) is 0 Å². The van der Waals surface area contributed by atoms with Gasteiger partial charge in [0.15, 0.2) is 0 Å². The molecule has 5 heteroatoms. The number of benzene rings is 1. The topological polar surface area (TPSA) is 69.8 Å². The van der Waals surface area contributed by atoms with Crippen molar-refractivity contribution in [3.05, 3.63) is 41.6 Å². The van der Waals surface area contributed by atoms with E-state index in [-0.39, 0.29) is 5.91 Å². The van der Waals surface area contributed by atoms with E-state index in [1.54, 1.807) is 13.1 Å². The van der Waals surface area contributed by atoms with Gasteiger partial charge in [-0.05, 0) is 23.6 Å². The van der Waals surface area contributed by atoms with E-state index in [0.29, 0.717) is 17.4 Å². The maximum Gasteiger partial charge on any atom is 0.273 e. The van der Waals surface area contributed by atoms with Crippen molar-refractivity contribution in [2.75, 3.05) is 17.7 Å². The highest BCUT2D eigenvalue weighted by Crippen LogP contribution is 2.17. The van der Waals surface area contributed by atoms with Crippen molar-refractivity contribution in [2.24, 2.45) is 0 Å². The largest absolute Gasteiger partial charge is 0.372 e. The first-order valence-electron chi connectivity index (χ1n) is 6.24.